The summed E-state index contributed by atoms with van der Waals surface area (Å²) in [6.45, 7) is 1.61. The fourth-order valence-electron chi connectivity index (χ4n) is 4.50. The van der Waals surface area contributed by atoms with Gasteiger partial charge in [-0.05, 0) is 37.3 Å². The standard InChI is InChI=1S/C29H34N2O8/c1-29(15-9-4-10-16-29)39-23(17-20-11-5-2-6-12-20)25(27(35)36)31(26(34)22(30)18-24(32)33)28(37)38-19-21-13-7-3-8-14-21/h2-9,11-14,22-23,25H,10,15-19,30H2,1H3,(H,32,33)(H,35,36)/t22-,23?,25-,29?/m0/s1. The number of rotatable bonds is 12. The molecule has 0 aliphatic heterocycles. The summed E-state index contributed by atoms with van der Waals surface area (Å²) in [4.78, 5) is 51.3. The van der Waals surface area contributed by atoms with Gasteiger partial charge in [-0.25, -0.2) is 14.5 Å². The Morgan fingerprint density at radius 3 is 2.13 bits per heavy atom. The van der Waals surface area contributed by atoms with Crippen LogP contribution in [0.4, 0.5) is 4.79 Å². The first-order valence-electron chi connectivity index (χ1n) is 12.7. The lowest BCUT2D eigenvalue weighted by molar-refractivity contribution is -0.165. The van der Waals surface area contributed by atoms with E-state index in [0.29, 0.717) is 23.3 Å². The number of carbonyl (C=O) groups is 4. The van der Waals surface area contributed by atoms with Gasteiger partial charge in [-0.2, -0.15) is 0 Å². The summed E-state index contributed by atoms with van der Waals surface area (Å²) in [7, 11) is 0. The molecule has 0 radical (unpaired) electrons. The first-order valence-corrected chi connectivity index (χ1v) is 12.7. The first-order chi connectivity index (χ1) is 18.6. The number of hydrogen-bond acceptors (Lipinski definition) is 7. The van der Waals surface area contributed by atoms with E-state index in [4.69, 9.17) is 15.2 Å². The quantitative estimate of drug-likeness (QED) is 0.344. The number of carboxylic acids is 2. The average molecular weight is 539 g/mol. The van der Waals surface area contributed by atoms with Gasteiger partial charge in [0.25, 0.3) is 0 Å². The Hall–Kier alpha value is -4.02. The molecule has 2 amide bonds. The van der Waals surface area contributed by atoms with Gasteiger partial charge in [0.05, 0.1) is 24.2 Å². The number of allylic oxidation sites excluding steroid dienone is 1. The van der Waals surface area contributed by atoms with E-state index in [1.807, 2.05) is 25.1 Å². The van der Waals surface area contributed by atoms with Crippen LogP contribution >= 0.6 is 0 Å². The summed E-state index contributed by atoms with van der Waals surface area (Å²) in [5.74, 6) is -4.07. The van der Waals surface area contributed by atoms with Crippen LogP contribution in [0.5, 0.6) is 0 Å². The van der Waals surface area contributed by atoms with E-state index in [0.717, 1.165) is 12.0 Å². The lowest BCUT2D eigenvalue weighted by Crippen LogP contribution is -2.60. The van der Waals surface area contributed by atoms with Crippen LogP contribution in [-0.4, -0.2) is 62.8 Å². The summed E-state index contributed by atoms with van der Waals surface area (Å²) in [5, 5.41) is 19.6. The second kappa shape index (κ2) is 13.7. The third-order valence-corrected chi connectivity index (χ3v) is 6.51. The third-order valence-electron chi connectivity index (χ3n) is 6.51. The maximum atomic E-state index is 13.4. The highest BCUT2D eigenvalue weighted by Crippen LogP contribution is 2.31. The van der Waals surface area contributed by atoms with Crippen LogP contribution in [0.1, 0.15) is 43.7 Å². The van der Waals surface area contributed by atoms with Crippen LogP contribution in [0.2, 0.25) is 0 Å². The summed E-state index contributed by atoms with van der Waals surface area (Å²) in [5.41, 5.74) is 6.42. The highest BCUT2D eigenvalue weighted by atomic mass is 16.6. The zero-order chi connectivity index (χ0) is 28.4. The molecule has 0 saturated carbocycles. The van der Waals surface area contributed by atoms with Crippen molar-refractivity contribution < 1.29 is 38.9 Å². The van der Waals surface area contributed by atoms with Gasteiger partial charge in [0, 0.05) is 6.42 Å². The lowest BCUT2D eigenvalue weighted by atomic mass is 9.89. The number of carboxylic acid groups (broad SMARTS) is 2. The molecule has 0 spiro atoms. The summed E-state index contributed by atoms with van der Waals surface area (Å²) in [6, 6.07) is 14.1. The minimum absolute atomic E-state index is 0.0566. The molecule has 2 aromatic carbocycles. The fraction of sp³-hybridized carbons (Fsp3) is 0.379. The van der Waals surface area contributed by atoms with Gasteiger partial charge in [-0.1, -0.05) is 72.8 Å². The highest BCUT2D eigenvalue weighted by Gasteiger charge is 2.46. The van der Waals surface area contributed by atoms with Crippen LogP contribution in [0.3, 0.4) is 0 Å². The van der Waals surface area contributed by atoms with Crippen LogP contribution in [0.15, 0.2) is 72.8 Å². The van der Waals surface area contributed by atoms with E-state index in [9.17, 15) is 29.4 Å². The van der Waals surface area contributed by atoms with E-state index < -0.39 is 54.1 Å². The van der Waals surface area contributed by atoms with Gasteiger partial charge < -0.3 is 25.4 Å². The Labute approximate surface area is 227 Å². The molecule has 2 unspecified atom stereocenters. The number of amides is 2. The third kappa shape index (κ3) is 8.49. The number of nitrogens with zero attached hydrogens (tertiary/aromatic N) is 1. The Bertz CT molecular complexity index is 1170. The van der Waals surface area contributed by atoms with Crippen molar-refractivity contribution in [3.63, 3.8) is 0 Å². The number of aliphatic carboxylic acids is 2. The normalized spacial score (nSPS) is 18.9. The number of imide groups is 1. The minimum atomic E-state index is -1.84. The van der Waals surface area contributed by atoms with Crippen molar-refractivity contribution in [1.82, 2.24) is 4.90 Å². The van der Waals surface area contributed by atoms with Crippen molar-refractivity contribution in [3.8, 4) is 0 Å². The van der Waals surface area contributed by atoms with Crippen LogP contribution < -0.4 is 5.73 Å². The van der Waals surface area contributed by atoms with E-state index in [-0.39, 0.29) is 13.0 Å². The number of benzene rings is 2. The summed E-state index contributed by atoms with van der Waals surface area (Å²) in [6.07, 6.45) is 2.59. The Morgan fingerprint density at radius 2 is 1.59 bits per heavy atom. The molecule has 10 nitrogen and oxygen atoms in total. The molecule has 1 aliphatic carbocycles. The van der Waals surface area contributed by atoms with E-state index in [1.54, 1.807) is 54.6 Å². The minimum Gasteiger partial charge on any atom is -0.481 e. The van der Waals surface area contributed by atoms with Gasteiger partial charge in [0.15, 0.2) is 6.04 Å². The molecular formula is C29H34N2O8. The lowest BCUT2D eigenvalue weighted by Gasteiger charge is -2.40. The summed E-state index contributed by atoms with van der Waals surface area (Å²) >= 11 is 0. The van der Waals surface area contributed by atoms with Gasteiger partial charge in [-0.15, -0.1) is 0 Å². The Morgan fingerprint density at radius 1 is 0.974 bits per heavy atom. The largest absolute Gasteiger partial charge is 0.481 e. The van der Waals surface area contributed by atoms with E-state index >= 15 is 0 Å². The first kappa shape index (κ1) is 29.5. The zero-order valence-corrected chi connectivity index (χ0v) is 21.8. The summed E-state index contributed by atoms with van der Waals surface area (Å²) < 4.78 is 11.8. The number of carbonyl (C=O) groups excluding carboxylic acids is 2. The van der Waals surface area contributed by atoms with Crippen molar-refractivity contribution in [1.29, 1.82) is 0 Å². The molecule has 0 saturated heterocycles. The molecule has 4 N–H and O–H groups in total. The molecular weight excluding hydrogens is 504 g/mol. The van der Waals surface area contributed by atoms with Gasteiger partial charge in [0.1, 0.15) is 6.61 Å². The Kier molecular flexibility index (Phi) is 10.4. The topological polar surface area (TPSA) is 156 Å². The maximum Gasteiger partial charge on any atom is 0.417 e. The highest BCUT2D eigenvalue weighted by molar-refractivity contribution is 6.00. The van der Waals surface area contributed by atoms with Gasteiger partial charge >= 0.3 is 18.0 Å². The van der Waals surface area contributed by atoms with Crippen molar-refractivity contribution in [2.24, 2.45) is 5.73 Å². The Balaban J connectivity index is 2.01. The molecule has 0 bridgehead atoms. The molecule has 4 atom stereocenters. The molecule has 10 heteroatoms. The monoisotopic (exact) mass is 538 g/mol. The predicted octanol–water partition coefficient (Wildman–Crippen LogP) is 3.53. The smallest absolute Gasteiger partial charge is 0.417 e. The van der Waals surface area contributed by atoms with Crippen LogP contribution in [0.25, 0.3) is 0 Å². The van der Waals surface area contributed by atoms with Crippen molar-refractivity contribution in [3.05, 3.63) is 83.9 Å². The fourth-order valence-corrected chi connectivity index (χ4v) is 4.50. The molecule has 2 aromatic rings. The average Bonchev–Trinajstić information content (AvgIpc) is 2.90. The van der Waals surface area contributed by atoms with Gasteiger partial charge in [-0.3, -0.25) is 9.59 Å². The molecule has 39 heavy (non-hydrogen) atoms. The van der Waals surface area contributed by atoms with Crippen molar-refractivity contribution >= 4 is 23.9 Å². The van der Waals surface area contributed by atoms with Crippen LogP contribution in [-0.2, 0) is 36.9 Å². The number of nitrogens with two attached hydrogens (primary N) is 1. The van der Waals surface area contributed by atoms with E-state index in [2.05, 4.69) is 0 Å². The maximum absolute atomic E-state index is 13.4. The number of hydrogen-bond donors (Lipinski definition) is 3. The second-order valence-corrected chi connectivity index (χ2v) is 9.75. The SMILES string of the molecule is CC1(OC(Cc2ccccc2)[C@@H](C(=O)O)N(C(=O)OCc2ccccc2)C(=O)[C@@H](N)CC(=O)O)CC=CCC1. The second-order valence-electron chi connectivity index (χ2n) is 9.75. The molecule has 208 valence electrons. The van der Waals surface area contributed by atoms with Gasteiger partial charge in [0.2, 0.25) is 5.91 Å². The molecule has 3 rings (SSSR count). The molecule has 0 fully saturated rings. The van der Waals surface area contributed by atoms with Crippen molar-refractivity contribution in [2.75, 3.05) is 0 Å². The number of ether oxygens (including phenoxy) is 2. The van der Waals surface area contributed by atoms with Crippen LogP contribution in [0, 0.1) is 0 Å². The van der Waals surface area contributed by atoms with E-state index in [1.165, 1.54) is 0 Å². The zero-order valence-electron chi connectivity index (χ0n) is 21.8. The predicted molar refractivity (Wildman–Crippen MR) is 142 cm³/mol. The van der Waals surface area contributed by atoms with Crippen molar-refractivity contribution in [2.45, 2.75) is 69.4 Å². The molecule has 1 aliphatic rings. The molecule has 0 aromatic heterocycles. The molecule has 0 heterocycles.